The summed E-state index contributed by atoms with van der Waals surface area (Å²) in [7, 11) is 0. The van der Waals surface area contributed by atoms with Crippen molar-refractivity contribution in [1.82, 2.24) is 9.97 Å². The average Bonchev–Trinajstić information content (AvgIpc) is 2.85. The van der Waals surface area contributed by atoms with Gasteiger partial charge in [0.25, 0.3) is 0 Å². The second-order valence-electron chi connectivity index (χ2n) is 4.22. The number of nitrogens with one attached hydrogen (secondary N) is 1. The molecule has 0 fully saturated rings. The van der Waals surface area contributed by atoms with Crippen molar-refractivity contribution in [3.8, 4) is 22.9 Å². The number of nitrogens with zero attached hydrogens (tertiary/aromatic N) is 1. The number of benzene rings is 2. The van der Waals surface area contributed by atoms with E-state index in [4.69, 9.17) is 4.74 Å². The molecule has 0 amide bonds. The molecule has 4 nitrogen and oxygen atoms in total. The number of aromatic hydroxyl groups is 1. The molecule has 0 aliphatic heterocycles. The van der Waals surface area contributed by atoms with Gasteiger partial charge in [0.05, 0.1) is 17.6 Å². The van der Waals surface area contributed by atoms with Crippen LogP contribution in [-0.4, -0.2) is 21.7 Å². The Balaban J connectivity index is 2.08. The van der Waals surface area contributed by atoms with E-state index >= 15 is 0 Å². The minimum Gasteiger partial charge on any atom is -0.504 e. The highest BCUT2D eigenvalue weighted by Crippen LogP contribution is 2.31. The quantitative estimate of drug-likeness (QED) is 0.753. The molecule has 0 saturated carbocycles. The molecule has 0 atom stereocenters. The predicted molar refractivity (Wildman–Crippen MR) is 74.4 cm³/mol. The fraction of sp³-hybridized carbons (Fsp3) is 0.133. The molecule has 2 N–H and O–H groups in total. The minimum absolute atomic E-state index is 0.140. The second kappa shape index (κ2) is 4.65. The van der Waals surface area contributed by atoms with Gasteiger partial charge in [0.2, 0.25) is 0 Å². The van der Waals surface area contributed by atoms with Crippen LogP contribution >= 0.6 is 0 Å². The van der Waals surface area contributed by atoms with Gasteiger partial charge < -0.3 is 14.8 Å². The highest BCUT2D eigenvalue weighted by Gasteiger charge is 2.08. The third-order valence-corrected chi connectivity index (χ3v) is 2.92. The lowest BCUT2D eigenvalue weighted by atomic mass is 10.2. The first kappa shape index (κ1) is 11.6. The van der Waals surface area contributed by atoms with E-state index in [0.717, 1.165) is 22.4 Å². The molecule has 1 heterocycles. The van der Waals surface area contributed by atoms with Gasteiger partial charge in [-0.2, -0.15) is 0 Å². The van der Waals surface area contributed by atoms with Crippen LogP contribution in [0.2, 0.25) is 0 Å². The molecule has 4 heteroatoms. The van der Waals surface area contributed by atoms with Crippen LogP contribution in [0.4, 0.5) is 0 Å². The first-order valence-corrected chi connectivity index (χ1v) is 6.19. The van der Waals surface area contributed by atoms with Gasteiger partial charge >= 0.3 is 0 Å². The smallest absolute Gasteiger partial charge is 0.161 e. The molecular weight excluding hydrogens is 240 g/mol. The summed E-state index contributed by atoms with van der Waals surface area (Å²) in [5.74, 6) is 1.38. The Hall–Kier alpha value is -2.49. The topological polar surface area (TPSA) is 58.1 Å². The Kier molecular flexibility index (Phi) is 2.83. The van der Waals surface area contributed by atoms with Crippen molar-refractivity contribution in [3.05, 3.63) is 42.5 Å². The van der Waals surface area contributed by atoms with E-state index in [9.17, 15) is 5.11 Å². The van der Waals surface area contributed by atoms with Crippen molar-refractivity contribution >= 4 is 11.0 Å². The molecule has 19 heavy (non-hydrogen) atoms. The van der Waals surface area contributed by atoms with E-state index in [1.807, 2.05) is 37.3 Å². The summed E-state index contributed by atoms with van der Waals surface area (Å²) in [6.45, 7) is 2.39. The van der Waals surface area contributed by atoms with Crippen LogP contribution in [0.15, 0.2) is 42.5 Å². The van der Waals surface area contributed by atoms with E-state index in [1.54, 1.807) is 12.1 Å². The van der Waals surface area contributed by atoms with E-state index in [1.165, 1.54) is 0 Å². The zero-order valence-electron chi connectivity index (χ0n) is 10.6. The highest BCUT2D eigenvalue weighted by atomic mass is 16.5. The van der Waals surface area contributed by atoms with E-state index < -0.39 is 0 Å². The molecule has 0 saturated heterocycles. The van der Waals surface area contributed by atoms with Gasteiger partial charge in [0.15, 0.2) is 11.5 Å². The molecule has 0 aliphatic carbocycles. The van der Waals surface area contributed by atoms with Crippen molar-refractivity contribution < 1.29 is 9.84 Å². The van der Waals surface area contributed by atoms with Gasteiger partial charge in [0.1, 0.15) is 5.82 Å². The molecule has 3 rings (SSSR count). The maximum Gasteiger partial charge on any atom is 0.161 e. The molecule has 0 radical (unpaired) electrons. The lowest BCUT2D eigenvalue weighted by molar-refractivity contribution is 0.318. The number of para-hydroxylation sites is 2. The number of hydrogen-bond donors (Lipinski definition) is 2. The van der Waals surface area contributed by atoms with Crippen LogP contribution in [0, 0.1) is 0 Å². The number of aromatic nitrogens is 2. The molecule has 0 spiro atoms. The van der Waals surface area contributed by atoms with Crippen molar-refractivity contribution in [2.45, 2.75) is 6.92 Å². The molecular formula is C15H14N2O2. The van der Waals surface area contributed by atoms with E-state index in [-0.39, 0.29) is 5.75 Å². The largest absolute Gasteiger partial charge is 0.504 e. The van der Waals surface area contributed by atoms with Gasteiger partial charge in [0, 0.05) is 5.56 Å². The summed E-state index contributed by atoms with van der Waals surface area (Å²) in [6.07, 6.45) is 0. The van der Waals surface area contributed by atoms with Crippen molar-refractivity contribution in [3.63, 3.8) is 0 Å². The molecule has 96 valence electrons. The maximum absolute atomic E-state index is 9.70. The van der Waals surface area contributed by atoms with Crippen LogP contribution in [0.5, 0.6) is 11.5 Å². The predicted octanol–water partition coefficient (Wildman–Crippen LogP) is 3.33. The van der Waals surface area contributed by atoms with Crippen LogP contribution in [0.3, 0.4) is 0 Å². The third kappa shape index (κ3) is 2.12. The summed E-state index contributed by atoms with van der Waals surface area (Å²) in [5, 5.41) is 9.70. The van der Waals surface area contributed by atoms with Crippen LogP contribution in [0.1, 0.15) is 6.92 Å². The fourth-order valence-corrected chi connectivity index (χ4v) is 2.02. The van der Waals surface area contributed by atoms with E-state index in [2.05, 4.69) is 9.97 Å². The van der Waals surface area contributed by atoms with Gasteiger partial charge in [-0.05, 0) is 37.3 Å². The van der Waals surface area contributed by atoms with Crippen LogP contribution in [-0.2, 0) is 0 Å². The van der Waals surface area contributed by atoms with Crippen molar-refractivity contribution in [2.75, 3.05) is 6.61 Å². The highest BCUT2D eigenvalue weighted by molar-refractivity contribution is 5.79. The number of rotatable bonds is 3. The summed E-state index contributed by atoms with van der Waals surface area (Å²) in [6, 6.07) is 13.1. The summed E-state index contributed by atoms with van der Waals surface area (Å²) >= 11 is 0. The number of aromatic amines is 1. The molecule has 0 aliphatic rings. The number of imidazole rings is 1. The first-order valence-electron chi connectivity index (χ1n) is 6.19. The first-order chi connectivity index (χ1) is 9.28. The number of phenols is 1. The van der Waals surface area contributed by atoms with Crippen LogP contribution < -0.4 is 4.74 Å². The third-order valence-electron chi connectivity index (χ3n) is 2.92. The molecule has 3 aromatic rings. The van der Waals surface area contributed by atoms with Gasteiger partial charge in [-0.25, -0.2) is 4.98 Å². The Morgan fingerprint density at radius 1 is 1.21 bits per heavy atom. The van der Waals surface area contributed by atoms with Crippen molar-refractivity contribution in [2.24, 2.45) is 0 Å². The summed E-state index contributed by atoms with van der Waals surface area (Å²) in [4.78, 5) is 7.77. The second-order valence-corrected chi connectivity index (χ2v) is 4.22. The molecule has 1 aromatic heterocycles. The van der Waals surface area contributed by atoms with Gasteiger partial charge in [-0.3, -0.25) is 0 Å². The normalized spacial score (nSPS) is 10.8. The zero-order valence-corrected chi connectivity index (χ0v) is 10.6. The Labute approximate surface area is 110 Å². The minimum atomic E-state index is 0.140. The van der Waals surface area contributed by atoms with E-state index in [0.29, 0.717) is 12.4 Å². The number of ether oxygens (including phenoxy) is 1. The number of fused-ring (bicyclic) bond motifs is 1. The zero-order chi connectivity index (χ0) is 13.2. The lowest BCUT2D eigenvalue weighted by Crippen LogP contribution is -1.92. The summed E-state index contributed by atoms with van der Waals surface area (Å²) in [5.41, 5.74) is 2.80. The monoisotopic (exact) mass is 254 g/mol. The SMILES string of the molecule is CCOc1cc(-c2nc3ccccc3[nH]2)ccc1O. The number of hydrogen-bond acceptors (Lipinski definition) is 3. The van der Waals surface area contributed by atoms with Crippen molar-refractivity contribution in [1.29, 1.82) is 0 Å². The Morgan fingerprint density at radius 3 is 2.84 bits per heavy atom. The maximum atomic E-state index is 9.70. The van der Waals surface area contributed by atoms with Gasteiger partial charge in [-0.15, -0.1) is 0 Å². The van der Waals surface area contributed by atoms with Gasteiger partial charge in [-0.1, -0.05) is 12.1 Å². The Bertz CT molecular complexity index is 686. The lowest BCUT2D eigenvalue weighted by Gasteiger charge is -2.06. The number of phenolic OH excluding ortho intramolecular Hbond substituents is 1. The average molecular weight is 254 g/mol. The molecule has 2 aromatic carbocycles. The molecule has 0 bridgehead atoms. The Morgan fingerprint density at radius 2 is 2.05 bits per heavy atom. The standard InChI is InChI=1S/C15H14N2O2/c1-2-19-14-9-10(7-8-13(14)18)15-16-11-5-3-4-6-12(11)17-15/h3-9,18H,2H2,1H3,(H,16,17). The van der Waals surface area contributed by atoms with Crippen LogP contribution in [0.25, 0.3) is 22.4 Å². The summed E-state index contributed by atoms with van der Waals surface area (Å²) < 4.78 is 5.38. The number of H-pyrrole nitrogens is 1. The molecule has 0 unspecified atom stereocenters. The fourth-order valence-electron chi connectivity index (χ4n) is 2.02.